The third-order valence-corrected chi connectivity index (χ3v) is 5.43. The molecule has 2 aliphatic rings. The smallest absolute Gasteiger partial charge is 0.213 e. The Hall–Kier alpha value is -2.96. The quantitative estimate of drug-likeness (QED) is 0.578. The Kier molecular flexibility index (Phi) is 6.03. The van der Waals surface area contributed by atoms with Crippen molar-refractivity contribution in [1.29, 1.82) is 0 Å². The SMILES string of the molecule is CN=C(NCc1ccnc(OCC2CC2)c1)N1CCN(c2ccccc2O)CC1. The molecule has 7 heteroatoms. The highest BCUT2D eigenvalue weighted by Gasteiger charge is 2.22. The van der Waals surface area contributed by atoms with Gasteiger partial charge in [-0.3, -0.25) is 4.99 Å². The van der Waals surface area contributed by atoms with E-state index >= 15 is 0 Å². The van der Waals surface area contributed by atoms with Crippen LogP contribution in [0.2, 0.25) is 0 Å². The standard InChI is InChI=1S/C22H29N5O2/c1-23-22(25-15-18-8-9-24-21(14-18)29-16-17-6-7-17)27-12-10-26(11-13-27)19-4-2-3-5-20(19)28/h2-5,8-9,14,17,28H,6-7,10-13,15-16H2,1H3,(H,23,25). The molecule has 1 aromatic heterocycles. The molecular weight excluding hydrogens is 366 g/mol. The van der Waals surface area contributed by atoms with Crippen LogP contribution in [0.3, 0.4) is 0 Å². The number of guanidine groups is 1. The van der Waals surface area contributed by atoms with Crippen LogP contribution >= 0.6 is 0 Å². The van der Waals surface area contributed by atoms with Gasteiger partial charge in [0.15, 0.2) is 5.96 Å². The third-order valence-electron chi connectivity index (χ3n) is 5.43. The number of pyridine rings is 1. The molecule has 1 saturated heterocycles. The molecule has 0 bridgehead atoms. The molecule has 1 aliphatic carbocycles. The summed E-state index contributed by atoms with van der Waals surface area (Å²) in [6.07, 6.45) is 4.34. The van der Waals surface area contributed by atoms with Crippen molar-refractivity contribution in [2.75, 3.05) is 44.7 Å². The van der Waals surface area contributed by atoms with Crippen molar-refractivity contribution in [3.05, 3.63) is 48.2 Å². The van der Waals surface area contributed by atoms with Gasteiger partial charge in [-0.15, -0.1) is 0 Å². The second kappa shape index (κ2) is 9.03. The number of hydrogen-bond acceptors (Lipinski definition) is 5. The minimum absolute atomic E-state index is 0.334. The number of ether oxygens (including phenoxy) is 1. The summed E-state index contributed by atoms with van der Waals surface area (Å²) in [6, 6.07) is 11.5. The maximum absolute atomic E-state index is 10.1. The fourth-order valence-electron chi connectivity index (χ4n) is 3.53. The average molecular weight is 396 g/mol. The lowest BCUT2D eigenvalue weighted by Crippen LogP contribution is -2.52. The van der Waals surface area contributed by atoms with Crippen LogP contribution in [0, 0.1) is 5.92 Å². The average Bonchev–Trinajstić information content (AvgIpc) is 3.59. The van der Waals surface area contributed by atoms with Crippen LogP contribution in [0.15, 0.2) is 47.6 Å². The van der Waals surface area contributed by atoms with Gasteiger partial charge in [-0.05, 0) is 42.5 Å². The van der Waals surface area contributed by atoms with Gasteiger partial charge in [0, 0.05) is 52.0 Å². The summed E-state index contributed by atoms with van der Waals surface area (Å²) in [4.78, 5) is 13.2. The van der Waals surface area contributed by atoms with Crippen LogP contribution in [-0.2, 0) is 6.54 Å². The Morgan fingerprint density at radius 1 is 1.21 bits per heavy atom. The molecule has 0 unspecified atom stereocenters. The highest BCUT2D eigenvalue weighted by molar-refractivity contribution is 5.80. The second-order valence-corrected chi connectivity index (χ2v) is 7.62. The molecule has 0 radical (unpaired) electrons. The number of para-hydroxylation sites is 2. The number of hydrogen-bond donors (Lipinski definition) is 2. The number of piperazine rings is 1. The van der Waals surface area contributed by atoms with Crippen LogP contribution in [-0.4, -0.2) is 60.8 Å². The number of aromatic nitrogens is 1. The maximum atomic E-state index is 10.1. The summed E-state index contributed by atoms with van der Waals surface area (Å²) in [5, 5.41) is 13.5. The van der Waals surface area contributed by atoms with Gasteiger partial charge in [-0.2, -0.15) is 0 Å². The number of nitrogens with zero attached hydrogens (tertiary/aromatic N) is 4. The van der Waals surface area contributed by atoms with Crippen LogP contribution in [0.4, 0.5) is 5.69 Å². The minimum Gasteiger partial charge on any atom is -0.506 e. The largest absolute Gasteiger partial charge is 0.506 e. The number of aliphatic imine (C=N–C) groups is 1. The first-order valence-corrected chi connectivity index (χ1v) is 10.3. The topological polar surface area (TPSA) is 73.2 Å². The predicted molar refractivity (Wildman–Crippen MR) is 115 cm³/mol. The van der Waals surface area contributed by atoms with Crippen LogP contribution in [0.25, 0.3) is 0 Å². The molecule has 0 spiro atoms. The summed E-state index contributed by atoms with van der Waals surface area (Å²) in [5.74, 6) is 2.64. The molecule has 7 nitrogen and oxygen atoms in total. The Morgan fingerprint density at radius 3 is 2.72 bits per heavy atom. The van der Waals surface area contributed by atoms with E-state index in [4.69, 9.17) is 4.74 Å². The number of aromatic hydroxyl groups is 1. The van der Waals surface area contributed by atoms with Gasteiger partial charge in [-0.1, -0.05) is 12.1 Å². The van der Waals surface area contributed by atoms with E-state index in [0.717, 1.165) is 50.0 Å². The number of rotatable bonds is 6. The molecule has 2 fully saturated rings. The predicted octanol–water partition coefficient (Wildman–Crippen LogP) is 2.47. The van der Waals surface area contributed by atoms with Gasteiger partial charge in [0.05, 0.1) is 12.3 Å². The Morgan fingerprint density at radius 2 is 2.00 bits per heavy atom. The maximum Gasteiger partial charge on any atom is 0.213 e. The highest BCUT2D eigenvalue weighted by Crippen LogP contribution is 2.29. The monoisotopic (exact) mass is 395 g/mol. The van der Waals surface area contributed by atoms with E-state index in [1.165, 1.54) is 12.8 Å². The number of phenolic OH excluding ortho intramolecular Hbond substituents is 1. The molecule has 0 amide bonds. The zero-order valence-electron chi connectivity index (χ0n) is 16.9. The number of phenols is 1. The summed E-state index contributed by atoms with van der Waals surface area (Å²) >= 11 is 0. The van der Waals surface area contributed by atoms with E-state index in [-0.39, 0.29) is 0 Å². The zero-order chi connectivity index (χ0) is 20.1. The summed E-state index contributed by atoms with van der Waals surface area (Å²) in [6.45, 7) is 4.82. The molecular formula is C22H29N5O2. The molecule has 4 rings (SSSR count). The molecule has 2 heterocycles. The lowest BCUT2D eigenvalue weighted by atomic mass is 10.2. The van der Waals surface area contributed by atoms with Crippen LogP contribution in [0.1, 0.15) is 18.4 Å². The van der Waals surface area contributed by atoms with E-state index in [2.05, 4.69) is 25.1 Å². The first kappa shape index (κ1) is 19.4. The van der Waals surface area contributed by atoms with Gasteiger partial charge >= 0.3 is 0 Å². The zero-order valence-corrected chi connectivity index (χ0v) is 16.9. The van der Waals surface area contributed by atoms with E-state index in [9.17, 15) is 5.11 Å². The third kappa shape index (κ3) is 5.10. The minimum atomic E-state index is 0.334. The van der Waals surface area contributed by atoms with Crippen molar-refractivity contribution in [3.63, 3.8) is 0 Å². The lowest BCUT2D eigenvalue weighted by molar-refractivity contribution is 0.288. The molecule has 1 aromatic carbocycles. The fraction of sp³-hybridized carbons (Fsp3) is 0.455. The van der Waals surface area contributed by atoms with E-state index in [1.54, 1.807) is 12.3 Å². The van der Waals surface area contributed by atoms with Gasteiger partial charge < -0.3 is 25.0 Å². The normalized spacial score (nSPS) is 17.3. The summed E-state index contributed by atoms with van der Waals surface area (Å²) < 4.78 is 5.78. The molecule has 0 atom stereocenters. The molecule has 1 aliphatic heterocycles. The molecule has 1 saturated carbocycles. The van der Waals surface area contributed by atoms with Gasteiger partial charge in [0.1, 0.15) is 5.75 Å². The lowest BCUT2D eigenvalue weighted by Gasteiger charge is -2.37. The van der Waals surface area contributed by atoms with E-state index < -0.39 is 0 Å². The van der Waals surface area contributed by atoms with E-state index in [0.29, 0.717) is 24.1 Å². The Bertz CT molecular complexity index is 845. The first-order valence-electron chi connectivity index (χ1n) is 10.3. The number of nitrogens with one attached hydrogen (secondary N) is 1. The fourth-order valence-corrected chi connectivity index (χ4v) is 3.53. The van der Waals surface area contributed by atoms with Crippen molar-refractivity contribution in [3.8, 4) is 11.6 Å². The number of benzene rings is 1. The molecule has 2 aromatic rings. The van der Waals surface area contributed by atoms with Gasteiger partial charge in [0.2, 0.25) is 5.88 Å². The van der Waals surface area contributed by atoms with E-state index in [1.807, 2.05) is 37.4 Å². The summed E-state index contributed by atoms with van der Waals surface area (Å²) in [7, 11) is 1.81. The first-order chi connectivity index (χ1) is 14.2. The Labute approximate surface area is 172 Å². The molecule has 29 heavy (non-hydrogen) atoms. The van der Waals surface area contributed by atoms with Crippen molar-refractivity contribution in [1.82, 2.24) is 15.2 Å². The van der Waals surface area contributed by atoms with Crippen molar-refractivity contribution < 1.29 is 9.84 Å². The van der Waals surface area contributed by atoms with Crippen molar-refractivity contribution in [2.45, 2.75) is 19.4 Å². The van der Waals surface area contributed by atoms with Crippen LogP contribution < -0.4 is 15.0 Å². The highest BCUT2D eigenvalue weighted by atomic mass is 16.5. The van der Waals surface area contributed by atoms with Crippen molar-refractivity contribution in [2.24, 2.45) is 10.9 Å². The summed E-state index contributed by atoms with van der Waals surface area (Å²) in [5.41, 5.74) is 2.02. The van der Waals surface area contributed by atoms with Crippen molar-refractivity contribution >= 4 is 11.6 Å². The van der Waals surface area contributed by atoms with Gasteiger partial charge in [0.25, 0.3) is 0 Å². The molecule has 154 valence electrons. The molecule has 2 N–H and O–H groups in total. The Balaban J connectivity index is 1.29. The van der Waals surface area contributed by atoms with Crippen LogP contribution in [0.5, 0.6) is 11.6 Å². The van der Waals surface area contributed by atoms with Gasteiger partial charge in [-0.25, -0.2) is 4.98 Å². The number of anilines is 1. The second-order valence-electron chi connectivity index (χ2n) is 7.62.